The van der Waals surface area contributed by atoms with Crippen LogP contribution in [0.4, 0.5) is 0 Å². The molecule has 0 bridgehead atoms. The fourth-order valence-electron chi connectivity index (χ4n) is 4.24. The van der Waals surface area contributed by atoms with Crippen LogP contribution >= 0.6 is 0 Å². The van der Waals surface area contributed by atoms with Crippen molar-refractivity contribution in [2.75, 3.05) is 19.6 Å². The number of carbonyl (C=O) groups is 2. The zero-order chi connectivity index (χ0) is 21.7. The van der Waals surface area contributed by atoms with Crippen molar-refractivity contribution in [1.29, 1.82) is 0 Å². The van der Waals surface area contributed by atoms with E-state index in [2.05, 4.69) is 30.1 Å². The Morgan fingerprint density at radius 3 is 2.57 bits per heavy atom. The van der Waals surface area contributed by atoms with Gasteiger partial charge in [-0.2, -0.15) is 0 Å². The molecule has 1 amide bonds. The standard InChI is InChI=1S/C24H30N2O4/c1-17-16-26(14-12-24(17,2)19-9-6-10-20(27)15-19)13-11-21(28)25-22(23(29)30)18-7-4-3-5-8-18/h3-10,15,17,22,27H,11-14,16H2,1-2H3,(H,25,28)(H,29,30)/t17-,22-,24+/m0/s1. The first-order valence-electron chi connectivity index (χ1n) is 10.4. The van der Waals surface area contributed by atoms with Crippen molar-refractivity contribution >= 4 is 11.9 Å². The third-order valence-corrected chi connectivity index (χ3v) is 6.41. The Hall–Kier alpha value is -2.86. The second-order valence-corrected chi connectivity index (χ2v) is 8.42. The molecular weight excluding hydrogens is 380 g/mol. The minimum absolute atomic E-state index is 0.0286. The maximum atomic E-state index is 12.4. The van der Waals surface area contributed by atoms with Gasteiger partial charge >= 0.3 is 5.97 Å². The zero-order valence-electron chi connectivity index (χ0n) is 17.5. The monoisotopic (exact) mass is 410 g/mol. The summed E-state index contributed by atoms with van der Waals surface area (Å²) in [4.78, 5) is 26.2. The Morgan fingerprint density at radius 2 is 1.93 bits per heavy atom. The number of carboxylic acids is 1. The molecule has 1 fully saturated rings. The number of hydrogen-bond donors (Lipinski definition) is 3. The number of nitrogens with one attached hydrogen (secondary N) is 1. The number of phenolic OH excluding ortho intramolecular Hbond substituents is 1. The number of piperidine rings is 1. The lowest BCUT2D eigenvalue weighted by Crippen LogP contribution is -2.48. The zero-order valence-corrected chi connectivity index (χ0v) is 17.5. The molecule has 1 aliphatic heterocycles. The van der Waals surface area contributed by atoms with Crippen LogP contribution in [0.1, 0.15) is 43.9 Å². The van der Waals surface area contributed by atoms with Crippen LogP contribution in [-0.2, 0) is 15.0 Å². The molecule has 0 saturated carbocycles. The van der Waals surface area contributed by atoms with Gasteiger partial charge in [0, 0.05) is 19.5 Å². The molecule has 2 aromatic rings. The van der Waals surface area contributed by atoms with Crippen LogP contribution in [0.5, 0.6) is 5.75 Å². The number of phenols is 1. The summed E-state index contributed by atoms with van der Waals surface area (Å²) in [6.07, 6.45) is 1.19. The number of hydrogen-bond acceptors (Lipinski definition) is 4. The molecule has 6 nitrogen and oxygen atoms in total. The van der Waals surface area contributed by atoms with Gasteiger partial charge in [-0.15, -0.1) is 0 Å². The number of amides is 1. The summed E-state index contributed by atoms with van der Waals surface area (Å²) < 4.78 is 0. The van der Waals surface area contributed by atoms with Crippen LogP contribution in [0.25, 0.3) is 0 Å². The maximum absolute atomic E-state index is 12.4. The molecule has 3 atom stereocenters. The van der Waals surface area contributed by atoms with E-state index in [0.717, 1.165) is 25.1 Å². The van der Waals surface area contributed by atoms with Gasteiger partial charge in [-0.25, -0.2) is 4.79 Å². The largest absolute Gasteiger partial charge is 0.508 e. The molecule has 0 spiro atoms. The topological polar surface area (TPSA) is 89.9 Å². The predicted octanol–water partition coefficient (Wildman–Crippen LogP) is 3.32. The summed E-state index contributed by atoms with van der Waals surface area (Å²) in [7, 11) is 0. The van der Waals surface area contributed by atoms with E-state index >= 15 is 0 Å². The molecule has 0 radical (unpaired) electrons. The molecular formula is C24H30N2O4. The van der Waals surface area contributed by atoms with E-state index < -0.39 is 12.0 Å². The van der Waals surface area contributed by atoms with Crippen LogP contribution in [-0.4, -0.2) is 46.6 Å². The first kappa shape index (κ1) is 21.8. The molecule has 1 aliphatic rings. The minimum Gasteiger partial charge on any atom is -0.508 e. The lowest BCUT2D eigenvalue weighted by Gasteiger charge is -2.45. The lowest BCUT2D eigenvalue weighted by molar-refractivity contribution is -0.142. The number of likely N-dealkylation sites (tertiary alicyclic amines) is 1. The van der Waals surface area contributed by atoms with E-state index in [0.29, 0.717) is 18.0 Å². The second kappa shape index (κ2) is 9.30. The van der Waals surface area contributed by atoms with E-state index in [4.69, 9.17) is 0 Å². The van der Waals surface area contributed by atoms with E-state index in [1.54, 1.807) is 30.3 Å². The highest BCUT2D eigenvalue weighted by Gasteiger charge is 2.38. The van der Waals surface area contributed by atoms with E-state index in [1.165, 1.54) is 0 Å². The first-order valence-corrected chi connectivity index (χ1v) is 10.4. The van der Waals surface area contributed by atoms with Crippen molar-refractivity contribution < 1.29 is 19.8 Å². The fraction of sp³-hybridized carbons (Fsp3) is 0.417. The second-order valence-electron chi connectivity index (χ2n) is 8.42. The summed E-state index contributed by atoms with van der Waals surface area (Å²) in [5.41, 5.74) is 1.67. The predicted molar refractivity (Wildman–Crippen MR) is 115 cm³/mol. The van der Waals surface area contributed by atoms with Crippen molar-refractivity contribution in [1.82, 2.24) is 10.2 Å². The molecule has 3 N–H and O–H groups in total. The van der Waals surface area contributed by atoms with Crippen molar-refractivity contribution in [3.63, 3.8) is 0 Å². The summed E-state index contributed by atoms with van der Waals surface area (Å²) in [5, 5.41) is 21.9. The smallest absolute Gasteiger partial charge is 0.330 e. The fourth-order valence-corrected chi connectivity index (χ4v) is 4.24. The molecule has 160 valence electrons. The van der Waals surface area contributed by atoms with Gasteiger partial charge < -0.3 is 20.4 Å². The van der Waals surface area contributed by atoms with Crippen LogP contribution in [0.2, 0.25) is 0 Å². The quantitative estimate of drug-likeness (QED) is 0.652. The SMILES string of the molecule is C[C@H]1CN(CCC(=O)N[C@H](C(=O)O)c2ccccc2)CC[C@@]1(C)c1cccc(O)c1. The van der Waals surface area contributed by atoms with Gasteiger partial charge in [0.25, 0.3) is 0 Å². The number of aromatic hydroxyl groups is 1. The van der Waals surface area contributed by atoms with Gasteiger partial charge in [-0.3, -0.25) is 4.79 Å². The Kier molecular flexibility index (Phi) is 6.77. The molecule has 2 aromatic carbocycles. The number of benzene rings is 2. The lowest BCUT2D eigenvalue weighted by atomic mass is 9.68. The number of nitrogens with zero attached hydrogens (tertiary/aromatic N) is 1. The number of carbonyl (C=O) groups excluding carboxylic acids is 1. The van der Waals surface area contributed by atoms with Gasteiger partial charge in [0.05, 0.1) is 0 Å². The third kappa shape index (κ3) is 5.00. The average molecular weight is 411 g/mol. The highest BCUT2D eigenvalue weighted by Crippen LogP contribution is 2.40. The van der Waals surface area contributed by atoms with Crippen molar-refractivity contribution in [3.8, 4) is 5.75 Å². The molecule has 6 heteroatoms. The maximum Gasteiger partial charge on any atom is 0.330 e. The summed E-state index contributed by atoms with van der Waals surface area (Å²) >= 11 is 0. The average Bonchev–Trinajstić information content (AvgIpc) is 2.73. The molecule has 0 aromatic heterocycles. The van der Waals surface area contributed by atoms with Crippen LogP contribution < -0.4 is 5.32 Å². The minimum atomic E-state index is -1.07. The van der Waals surface area contributed by atoms with Gasteiger partial charge in [0.1, 0.15) is 5.75 Å². The highest BCUT2D eigenvalue weighted by molar-refractivity contribution is 5.84. The van der Waals surface area contributed by atoms with Gasteiger partial charge in [0.15, 0.2) is 6.04 Å². The van der Waals surface area contributed by atoms with Gasteiger partial charge in [-0.1, -0.05) is 56.3 Å². The van der Waals surface area contributed by atoms with E-state index in [-0.39, 0.29) is 23.5 Å². The van der Waals surface area contributed by atoms with E-state index in [1.807, 2.05) is 18.2 Å². The van der Waals surface area contributed by atoms with Gasteiger partial charge in [-0.05, 0) is 47.6 Å². The van der Waals surface area contributed by atoms with Crippen molar-refractivity contribution in [2.45, 2.75) is 38.1 Å². The molecule has 3 rings (SSSR count). The normalized spacial score (nSPS) is 22.9. The third-order valence-electron chi connectivity index (χ3n) is 6.41. The van der Waals surface area contributed by atoms with Crippen molar-refractivity contribution in [3.05, 3.63) is 65.7 Å². The summed E-state index contributed by atoms with van der Waals surface area (Å²) in [6.45, 7) is 6.72. The number of rotatable bonds is 7. The Morgan fingerprint density at radius 1 is 1.20 bits per heavy atom. The van der Waals surface area contributed by atoms with E-state index in [9.17, 15) is 19.8 Å². The molecule has 0 unspecified atom stereocenters. The van der Waals surface area contributed by atoms with Crippen molar-refractivity contribution in [2.24, 2.45) is 5.92 Å². The number of carboxylic acid groups (broad SMARTS) is 1. The summed E-state index contributed by atoms with van der Waals surface area (Å²) in [6, 6.07) is 15.2. The van der Waals surface area contributed by atoms with Gasteiger partial charge in [0.2, 0.25) is 5.91 Å². The first-order chi connectivity index (χ1) is 14.3. The molecule has 0 aliphatic carbocycles. The molecule has 30 heavy (non-hydrogen) atoms. The Balaban J connectivity index is 1.54. The Labute approximate surface area is 177 Å². The Bertz CT molecular complexity index is 886. The molecule has 1 saturated heterocycles. The van der Waals surface area contributed by atoms with Crippen LogP contribution in [0.15, 0.2) is 54.6 Å². The van der Waals surface area contributed by atoms with Crippen LogP contribution in [0, 0.1) is 5.92 Å². The number of aliphatic carboxylic acids is 1. The summed E-state index contributed by atoms with van der Waals surface area (Å²) in [5.74, 6) is -0.693. The molecule has 1 heterocycles. The van der Waals surface area contributed by atoms with Crippen LogP contribution in [0.3, 0.4) is 0 Å². The highest BCUT2D eigenvalue weighted by atomic mass is 16.4.